The van der Waals surface area contributed by atoms with E-state index in [0.717, 1.165) is 30.8 Å². The lowest BCUT2D eigenvalue weighted by atomic mass is 9.98. The molecule has 0 aromatic heterocycles. The number of fused-ring (bicyclic) bond motifs is 4. The largest absolute Gasteiger partial charge is 0.448 e. The van der Waals surface area contributed by atoms with E-state index in [1.54, 1.807) is 0 Å². The predicted octanol–water partition coefficient (Wildman–Crippen LogP) is 4.69. The predicted molar refractivity (Wildman–Crippen MR) is 111 cm³/mol. The molecule has 0 saturated heterocycles. The maximum absolute atomic E-state index is 12.5. The minimum Gasteiger partial charge on any atom is -0.448 e. The van der Waals surface area contributed by atoms with Gasteiger partial charge in [0.15, 0.2) is 0 Å². The van der Waals surface area contributed by atoms with Gasteiger partial charge in [-0.1, -0.05) is 60.7 Å². The van der Waals surface area contributed by atoms with E-state index in [9.17, 15) is 4.79 Å². The Morgan fingerprint density at radius 3 is 2.43 bits per heavy atom. The lowest BCUT2D eigenvalue weighted by Gasteiger charge is -2.21. The number of rotatable bonds is 3. The highest BCUT2D eigenvalue weighted by Gasteiger charge is 2.29. The third-order valence-electron chi connectivity index (χ3n) is 5.73. The van der Waals surface area contributed by atoms with Gasteiger partial charge in [-0.05, 0) is 52.4 Å². The Morgan fingerprint density at radius 2 is 1.68 bits per heavy atom. The summed E-state index contributed by atoms with van der Waals surface area (Å²) in [6, 6.07) is 22.8. The van der Waals surface area contributed by atoms with Gasteiger partial charge in [0.1, 0.15) is 6.61 Å². The number of anilines is 1. The van der Waals surface area contributed by atoms with Crippen LogP contribution in [0.15, 0.2) is 66.7 Å². The summed E-state index contributed by atoms with van der Waals surface area (Å²) in [4.78, 5) is 12.5. The average Bonchev–Trinajstić information content (AvgIpc) is 3.06. The molecular formula is C24H22N2O2. The van der Waals surface area contributed by atoms with Crippen molar-refractivity contribution in [1.82, 2.24) is 5.32 Å². The van der Waals surface area contributed by atoms with Gasteiger partial charge in [-0.15, -0.1) is 0 Å². The molecule has 140 valence electrons. The lowest BCUT2D eigenvalue weighted by Crippen LogP contribution is -2.26. The third-order valence-corrected chi connectivity index (χ3v) is 5.73. The van der Waals surface area contributed by atoms with Gasteiger partial charge in [-0.3, -0.25) is 5.32 Å². The number of amides is 1. The molecule has 5 rings (SSSR count). The molecule has 0 radical (unpaired) electrons. The second-order valence-electron chi connectivity index (χ2n) is 7.32. The topological polar surface area (TPSA) is 50.4 Å². The summed E-state index contributed by atoms with van der Waals surface area (Å²) in [5.41, 5.74) is 8.18. The fourth-order valence-electron chi connectivity index (χ4n) is 4.38. The molecule has 2 N–H and O–H groups in total. The SMILES string of the molecule is O=C(Nc1cccc2c1CNCC2)OCC1c2ccccc2-c2ccccc21. The van der Waals surface area contributed by atoms with Crippen LogP contribution in [0.3, 0.4) is 0 Å². The summed E-state index contributed by atoms with van der Waals surface area (Å²) in [7, 11) is 0. The van der Waals surface area contributed by atoms with Gasteiger partial charge in [-0.2, -0.15) is 0 Å². The van der Waals surface area contributed by atoms with E-state index in [1.807, 2.05) is 24.3 Å². The molecule has 1 aliphatic carbocycles. The maximum Gasteiger partial charge on any atom is 0.411 e. The van der Waals surface area contributed by atoms with Crippen LogP contribution in [0, 0.1) is 0 Å². The van der Waals surface area contributed by atoms with Crippen LogP contribution >= 0.6 is 0 Å². The minimum absolute atomic E-state index is 0.0736. The molecule has 2 aliphatic rings. The first-order chi connectivity index (χ1) is 13.8. The van der Waals surface area contributed by atoms with Crippen molar-refractivity contribution in [3.05, 3.63) is 89.0 Å². The highest BCUT2D eigenvalue weighted by Crippen LogP contribution is 2.44. The van der Waals surface area contributed by atoms with Gasteiger partial charge in [0.2, 0.25) is 0 Å². The van der Waals surface area contributed by atoms with Crippen LogP contribution in [0.25, 0.3) is 11.1 Å². The minimum atomic E-state index is -0.402. The first kappa shape index (κ1) is 17.0. The number of carbonyl (C=O) groups is 1. The summed E-state index contributed by atoms with van der Waals surface area (Å²) >= 11 is 0. The summed E-state index contributed by atoms with van der Waals surface area (Å²) in [5.74, 6) is 0.0736. The highest BCUT2D eigenvalue weighted by molar-refractivity contribution is 5.86. The van der Waals surface area contributed by atoms with Gasteiger partial charge < -0.3 is 10.1 Å². The molecule has 0 bridgehead atoms. The van der Waals surface area contributed by atoms with E-state index in [1.165, 1.54) is 27.8 Å². The van der Waals surface area contributed by atoms with Gasteiger partial charge in [0.05, 0.1) is 0 Å². The Bertz CT molecular complexity index is 999. The third kappa shape index (κ3) is 2.96. The summed E-state index contributed by atoms with van der Waals surface area (Å²) in [5, 5.41) is 6.30. The van der Waals surface area contributed by atoms with Crippen LogP contribution in [-0.4, -0.2) is 19.2 Å². The average molecular weight is 370 g/mol. The van der Waals surface area contributed by atoms with Crippen LogP contribution in [0.4, 0.5) is 10.5 Å². The van der Waals surface area contributed by atoms with Crippen LogP contribution < -0.4 is 10.6 Å². The number of hydrogen-bond acceptors (Lipinski definition) is 3. The molecule has 3 aromatic rings. The van der Waals surface area contributed by atoms with E-state index >= 15 is 0 Å². The second kappa shape index (κ2) is 7.13. The molecule has 4 nitrogen and oxygen atoms in total. The molecule has 0 fully saturated rings. The Kier molecular flexibility index (Phi) is 4.34. The van der Waals surface area contributed by atoms with Crippen molar-refractivity contribution in [2.24, 2.45) is 0 Å². The Labute approximate surface area is 164 Å². The molecule has 0 atom stereocenters. The van der Waals surface area contributed by atoms with Crippen molar-refractivity contribution in [3.63, 3.8) is 0 Å². The van der Waals surface area contributed by atoms with E-state index in [4.69, 9.17) is 4.74 Å². The van der Waals surface area contributed by atoms with E-state index in [0.29, 0.717) is 6.61 Å². The number of carbonyl (C=O) groups excluding carboxylic acids is 1. The summed E-state index contributed by atoms with van der Waals surface area (Å²) in [6.07, 6.45) is 0.580. The molecule has 0 saturated carbocycles. The molecular weight excluding hydrogens is 348 g/mol. The van der Waals surface area contributed by atoms with E-state index < -0.39 is 6.09 Å². The van der Waals surface area contributed by atoms with Gasteiger partial charge in [0.25, 0.3) is 0 Å². The molecule has 0 unspecified atom stereocenters. The summed E-state index contributed by atoms with van der Waals surface area (Å²) in [6.45, 7) is 2.07. The molecule has 1 amide bonds. The monoisotopic (exact) mass is 370 g/mol. The van der Waals surface area contributed by atoms with Crippen molar-refractivity contribution in [3.8, 4) is 11.1 Å². The van der Waals surface area contributed by atoms with Crippen molar-refractivity contribution in [1.29, 1.82) is 0 Å². The van der Waals surface area contributed by atoms with Crippen molar-refractivity contribution in [2.45, 2.75) is 18.9 Å². The Morgan fingerprint density at radius 1 is 0.964 bits per heavy atom. The molecule has 3 aromatic carbocycles. The molecule has 1 heterocycles. The first-order valence-corrected chi connectivity index (χ1v) is 9.75. The number of benzene rings is 3. The second-order valence-corrected chi connectivity index (χ2v) is 7.32. The fraction of sp³-hybridized carbons (Fsp3) is 0.208. The van der Waals surface area contributed by atoms with Crippen LogP contribution in [-0.2, 0) is 17.7 Å². The van der Waals surface area contributed by atoms with Crippen molar-refractivity contribution < 1.29 is 9.53 Å². The Balaban J connectivity index is 1.33. The zero-order valence-electron chi connectivity index (χ0n) is 15.6. The zero-order valence-corrected chi connectivity index (χ0v) is 15.6. The zero-order chi connectivity index (χ0) is 18.9. The van der Waals surface area contributed by atoms with Gasteiger partial charge >= 0.3 is 6.09 Å². The van der Waals surface area contributed by atoms with Gasteiger partial charge in [-0.25, -0.2) is 4.79 Å². The van der Waals surface area contributed by atoms with Crippen LogP contribution in [0.1, 0.15) is 28.2 Å². The highest BCUT2D eigenvalue weighted by atomic mass is 16.5. The van der Waals surface area contributed by atoms with E-state index in [-0.39, 0.29) is 5.92 Å². The van der Waals surface area contributed by atoms with Crippen LogP contribution in [0.5, 0.6) is 0 Å². The summed E-state index contributed by atoms with van der Waals surface area (Å²) < 4.78 is 5.66. The molecule has 1 aliphatic heterocycles. The van der Waals surface area contributed by atoms with Crippen molar-refractivity contribution in [2.75, 3.05) is 18.5 Å². The smallest absolute Gasteiger partial charge is 0.411 e. The quantitative estimate of drug-likeness (QED) is 0.703. The number of nitrogens with one attached hydrogen (secondary N) is 2. The standard InChI is InChI=1S/C24H22N2O2/c27-24(26-23-11-5-6-16-12-13-25-14-21(16)23)28-15-22-19-9-3-1-7-17(19)18-8-2-4-10-20(18)22/h1-11,22,25H,12-15H2,(H,26,27). The van der Waals surface area contributed by atoms with E-state index in [2.05, 4.69) is 53.1 Å². The number of ether oxygens (including phenoxy) is 1. The lowest BCUT2D eigenvalue weighted by molar-refractivity contribution is 0.158. The fourth-order valence-corrected chi connectivity index (χ4v) is 4.38. The molecule has 0 spiro atoms. The van der Waals surface area contributed by atoms with Gasteiger partial charge in [0, 0.05) is 18.2 Å². The van der Waals surface area contributed by atoms with Crippen LogP contribution in [0.2, 0.25) is 0 Å². The first-order valence-electron chi connectivity index (χ1n) is 9.75. The molecule has 4 heteroatoms. The number of hydrogen-bond donors (Lipinski definition) is 2. The Hall–Kier alpha value is -3.11. The van der Waals surface area contributed by atoms with Crippen molar-refractivity contribution >= 4 is 11.8 Å². The maximum atomic E-state index is 12.5. The molecule has 28 heavy (non-hydrogen) atoms. The normalized spacial score (nSPS) is 14.7.